The van der Waals surface area contributed by atoms with Crippen molar-refractivity contribution in [3.8, 4) is 0 Å². The average molecular weight is 358 g/mol. The van der Waals surface area contributed by atoms with E-state index in [-0.39, 0.29) is 0 Å². The normalized spacial score (nSPS) is 29.2. The molecule has 0 unspecified atom stereocenters. The van der Waals surface area contributed by atoms with Crippen LogP contribution in [-0.4, -0.2) is 79.8 Å². The number of hydrogen-bond donors (Lipinski definition) is 0. The lowest BCUT2D eigenvalue weighted by molar-refractivity contribution is 0.0298. The fourth-order valence-electron chi connectivity index (χ4n) is 4.91. The van der Waals surface area contributed by atoms with Gasteiger partial charge in [0.25, 0.3) is 0 Å². The summed E-state index contributed by atoms with van der Waals surface area (Å²) in [6, 6.07) is 10.9. The van der Waals surface area contributed by atoms with Crippen molar-refractivity contribution in [3.05, 3.63) is 35.9 Å². The van der Waals surface area contributed by atoms with Crippen LogP contribution in [0.3, 0.4) is 0 Å². The summed E-state index contributed by atoms with van der Waals surface area (Å²) < 4.78 is 6.21. The third kappa shape index (κ3) is 5.29. The Morgan fingerprint density at radius 1 is 0.808 bits per heavy atom. The van der Waals surface area contributed by atoms with Crippen molar-refractivity contribution in [2.24, 2.45) is 5.92 Å². The molecule has 26 heavy (non-hydrogen) atoms. The van der Waals surface area contributed by atoms with E-state index >= 15 is 0 Å². The Morgan fingerprint density at radius 3 is 2.46 bits per heavy atom. The van der Waals surface area contributed by atoms with Gasteiger partial charge in [0, 0.05) is 45.9 Å². The second-order valence-electron chi connectivity index (χ2n) is 8.49. The van der Waals surface area contributed by atoms with Gasteiger partial charge in [0.2, 0.25) is 0 Å². The summed E-state index contributed by atoms with van der Waals surface area (Å²) in [5.74, 6) is 0.874. The van der Waals surface area contributed by atoms with Gasteiger partial charge in [-0.3, -0.25) is 4.90 Å². The second kappa shape index (κ2) is 9.32. The molecule has 0 bridgehead atoms. The maximum Gasteiger partial charge on any atom is 0.0828 e. The number of ether oxygens (including phenoxy) is 1. The highest BCUT2D eigenvalue weighted by Gasteiger charge is 2.28. The molecular weight excluding hydrogens is 322 g/mol. The summed E-state index contributed by atoms with van der Waals surface area (Å²) >= 11 is 0. The Balaban J connectivity index is 1.24. The van der Waals surface area contributed by atoms with E-state index < -0.39 is 0 Å². The molecule has 0 radical (unpaired) electrons. The molecule has 0 aliphatic carbocycles. The predicted octanol–water partition coefficient (Wildman–Crippen LogP) is 2.70. The first-order valence-electron chi connectivity index (χ1n) is 10.7. The molecule has 3 aliphatic rings. The first-order chi connectivity index (χ1) is 12.8. The zero-order valence-electron chi connectivity index (χ0n) is 16.2. The van der Waals surface area contributed by atoms with Crippen LogP contribution >= 0.6 is 0 Å². The van der Waals surface area contributed by atoms with Crippen molar-refractivity contribution in [2.45, 2.75) is 38.3 Å². The number of hydrogen-bond acceptors (Lipinski definition) is 4. The number of likely N-dealkylation sites (tertiary alicyclic amines) is 2. The minimum Gasteiger partial charge on any atom is -0.376 e. The molecule has 0 N–H and O–H groups in total. The summed E-state index contributed by atoms with van der Waals surface area (Å²) in [4.78, 5) is 7.93. The Hall–Kier alpha value is -0.940. The fraction of sp³-hybridized carbons (Fsp3) is 0.727. The van der Waals surface area contributed by atoms with Gasteiger partial charge in [-0.15, -0.1) is 0 Å². The average Bonchev–Trinajstić information content (AvgIpc) is 3.27. The monoisotopic (exact) mass is 357 g/mol. The molecule has 2 atom stereocenters. The molecule has 0 spiro atoms. The Kier molecular flexibility index (Phi) is 6.60. The van der Waals surface area contributed by atoms with Crippen LogP contribution < -0.4 is 0 Å². The molecule has 3 aliphatic heterocycles. The quantitative estimate of drug-likeness (QED) is 0.779. The van der Waals surface area contributed by atoms with E-state index in [4.69, 9.17) is 4.74 Å². The van der Waals surface area contributed by atoms with Gasteiger partial charge >= 0.3 is 0 Å². The molecule has 3 heterocycles. The summed E-state index contributed by atoms with van der Waals surface area (Å²) in [5.41, 5.74) is 1.42. The Labute approximate surface area is 159 Å². The van der Waals surface area contributed by atoms with Crippen LogP contribution in [0.4, 0.5) is 0 Å². The van der Waals surface area contributed by atoms with E-state index in [1.54, 1.807) is 0 Å². The Bertz CT molecular complexity index is 531. The van der Waals surface area contributed by atoms with Gasteiger partial charge in [0.15, 0.2) is 0 Å². The lowest BCUT2D eigenvalue weighted by atomic mass is 10.1. The third-order valence-electron chi connectivity index (χ3n) is 6.23. The summed E-state index contributed by atoms with van der Waals surface area (Å²) in [5, 5.41) is 0. The molecule has 1 aromatic rings. The first-order valence-corrected chi connectivity index (χ1v) is 10.7. The van der Waals surface area contributed by atoms with E-state index in [1.807, 2.05) is 0 Å². The topological polar surface area (TPSA) is 19.0 Å². The molecule has 4 rings (SSSR count). The van der Waals surface area contributed by atoms with E-state index in [0.29, 0.717) is 6.10 Å². The highest BCUT2D eigenvalue weighted by atomic mass is 16.5. The molecule has 0 saturated carbocycles. The molecular formula is C22H35N3O. The molecule has 1 aromatic carbocycles. The van der Waals surface area contributed by atoms with Crippen molar-refractivity contribution >= 4 is 0 Å². The fourth-order valence-corrected chi connectivity index (χ4v) is 4.91. The standard InChI is InChI=1S/C22H35N3O/c1-2-7-20(8-3-1)15-24-12-6-14-26-22(18-24)19-25-13-9-21(17-25)16-23-10-4-5-11-23/h1-3,7-8,21-22H,4-6,9-19H2/t21-,22-/m1/s1. The van der Waals surface area contributed by atoms with Crippen molar-refractivity contribution < 1.29 is 4.74 Å². The zero-order chi connectivity index (χ0) is 17.6. The van der Waals surface area contributed by atoms with Crippen LogP contribution in [0.1, 0.15) is 31.2 Å². The van der Waals surface area contributed by atoms with Gasteiger partial charge in [0.05, 0.1) is 6.10 Å². The van der Waals surface area contributed by atoms with E-state index in [1.165, 1.54) is 57.5 Å². The molecule has 4 nitrogen and oxygen atoms in total. The van der Waals surface area contributed by atoms with Crippen molar-refractivity contribution in [3.63, 3.8) is 0 Å². The highest BCUT2D eigenvalue weighted by molar-refractivity contribution is 5.14. The van der Waals surface area contributed by atoms with Gasteiger partial charge in [-0.05, 0) is 56.8 Å². The van der Waals surface area contributed by atoms with E-state index in [2.05, 4.69) is 45.0 Å². The lowest BCUT2D eigenvalue weighted by Gasteiger charge is -2.27. The van der Waals surface area contributed by atoms with Gasteiger partial charge in [-0.1, -0.05) is 30.3 Å². The second-order valence-corrected chi connectivity index (χ2v) is 8.49. The molecule has 4 heteroatoms. The minimum atomic E-state index is 0.367. The highest BCUT2D eigenvalue weighted by Crippen LogP contribution is 2.21. The van der Waals surface area contributed by atoms with Crippen LogP contribution in [0.15, 0.2) is 30.3 Å². The summed E-state index contributed by atoms with van der Waals surface area (Å²) in [7, 11) is 0. The summed E-state index contributed by atoms with van der Waals surface area (Å²) in [6.07, 6.45) is 5.71. The largest absolute Gasteiger partial charge is 0.376 e. The predicted molar refractivity (Wildman–Crippen MR) is 106 cm³/mol. The number of benzene rings is 1. The van der Waals surface area contributed by atoms with Gasteiger partial charge in [-0.2, -0.15) is 0 Å². The SMILES string of the molecule is c1ccc(CN2CCCO[C@@H](CN3CC[C@H](CN4CCCC4)C3)C2)cc1. The van der Waals surface area contributed by atoms with Crippen LogP contribution in [0, 0.1) is 5.92 Å². The van der Waals surface area contributed by atoms with Crippen molar-refractivity contribution in [1.29, 1.82) is 0 Å². The smallest absolute Gasteiger partial charge is 0.0828 e. The Morgan fingerprint density at radius 2 is 1.62 bits per heavy atom. The number of nitrogens with zero attached hydrogens (tertiary/aromatic N) is 3. The first kappa shape index (κ1) is 18.4. The van der Waals surface area contributed by atoms with Crippen LogP contribution in [0.5, 0.6) is 0 Å². The number of rotatable bonds is 6. The van der Waals surface area contributed by atoms with Crippen molar-refractivity contribution in [2.75, 3.05) is 59.0 Å². The van der Waals surface area contributed by atoms with E-state index in [9.17, 15) is 0 Å². The molecule has 3 saturated heterocycles. The van der Waals surface area contributed by atoms with E-state index in [0.717, 1.165) is 45.1 Å². The maximum atomic E-state index is 6.21. The zero-order valence-corrected chi connectivity index (χ0v) is 16.2. The van der Waals surface area contributed by atoms with Gasteiger partial charge < -0.3 is 14.5 Å². The van der Waals surface area contributed by atoms with Crippen LogP contribution in [-0.2, 0) is 11.3 Å². The van der Waals surface area contributed by atoms with Gasteiger partial charge in [-0.25, -0.2) is 0 Å². The van der Waals surface area contributed by atoms with Gasteiger partial charge in [0.1, 0.15) is 0 Å². The third-order valence-corrected chi connectivity index (χ3v) is 6.23. The molecule has 144 valence electrons. The molecule has 0 aromatic heterocycles. The van der Waals surface area contributed by atoms with Crippen LogP contribution in [0.25, 0.3) is 0 Å². The molecule has 0 amide bonds. The molecule has 3 fully saturated rings. The maximum absolute atomic E-state index is 6.21. The van der Waals surface area contributed by atoms with Crippen molar-refractivity contribution in [1.82, 2.24) is 14.7 Å². The summed E-state index contributed by atoms with van der Waals surface area (Å²) in [6.45, 7) is 11.8. The van der Waals surface area contributed by atoms with Crippen LogP contribution in [0.2, 0.25) is 0 Å². The minimum absolute atomic E-state index is 0.367. The lowest BCUT2D eigenvalue weighted by Crippen LogP contribution is -2.39.